The molecule has 0 fully saturated rings. The molecule has 2 N–H and O–H groups in total. The van der Waals surface area contributed by atoms with Gasteiger partial charge in [-0.2, -0.15) is 0 Å². The smallest absolute Gasteiger partial charge is 0.255 e. The molecule has 9 heteroatoms. The fourth-order valence-corrected chi connectivity index (χ4v) is 3.47. The molecule has 2 aromatic rings. The molecule has 0 heterocycles. The summed E-state index contributed by atoms with van der Waals surface area (Å²) in [4.78, 5) is 24.2. The zero-order valence-corrected chi connectivity index (χ0v) is 17.0. The minimum absolute atomic E-state index is 0.113. The summed E-state index contributed by atoms with van der Waals surface area (Å²) in [6.07, 6.45) is 2.17. The van der Waals surface area contributed by atoms with Crippen molar-refractivity contribution in [2.24, 2.45) is 0 Å². The van der Waals surface area contributed by atoms with E-state index in [4.69, 9.17) is 23.2 Å². The summed E-state index contributed by atoms with van der Waals surface area (Å²) >= 11 is 12.4. The molecule has 27 heavy (non-hydrogen) atoms. The second-order valence-corrected chi connectivity index (χ2v) is 8.69. The first-order valence-electron chi connectivity index (χ1n) is 8.02. The number of sulfone groups is 1. The van der Waals surface area contributed by atoms with Gasteiger partial charge in [0.25, 0.3) is 5.91 Å². The number of carbonyl (C=O) groups is 2. The van der Waals surface area contributed by atoms with Gasteiger partial charge in [-0.05, 0) is 42.8 Å². The summed E-state index contributed by atoms with van der Waals surface area (Å²) < 4.78 is 23.0. The predicted molar refractivity (Wildman–Crippen MR) is 108 cm³/mol. The molecule has 6 nitrogen and oxygen atoms in total. The topological polar surface area (TPSA) is 92.3 Å². The second kappa shape index (κ2) is 8.73. The highest BCUT2D eigenvalue weighted by Gasteiger charge is 2.15. The maximum Gasteiger partial charge on any atom is 0.255 e. The lowest BCUT2D eigenvalue weighted by atomic mass is 10.2. The first-order chi connectivity index (χ1) is 12.6. The zero-order chi connectivity index (χ0) is 20.2. The highest BCUT2D eigenvalue weighted by Crippen LogP contribution is 2.34. The van der Waals surface area contributed by atoms with E-state index in [9.17, 15) is 18.0 Å². The minimum atomic E-state index is -3.35. The lowest BCUT2D eigenvalue weighted by Gasteiger charge is -2.12. The maximum atomic E-state index is 12.4. The normalized spacial score (nSPS) is 11.1. The van der Waals surface area contributed by atoms with Gasteiger partial charge in [-0.1, -0.05) is 30.1 Å². The maximum absolute atomic E-state index is 12.4. The Balaban J connectivity index is 2.19. The van der Waals surface area contributed by atoms with Gasteiger partial charge in [-0.15, -0.1) is 0 Å². The van der Waals surface area contributed by atoms with Crippen molar-refractivity contribution >= 4 is 56.2 Å². The average Bonchev–Trinajstić information content (AvgIpc) is 2.57. The summed E-state index contributed by atoms with van der Waals surface area (Å²) in [7, 11) is -3.35. The summed E-state index contributed by atoms with van der Waals surface area (Å²) in [6.45, 7) is 1.89. The Morgan fingerprint density at radius 3 is 2.04 bits per heavy atom. The van der Waals surface area contributed by atoms with Gasteiger partial charge in [-0.25, -0.2) is 8.42 Å². The molecule has 0 saturated carbocycles. The third-order valence-corrected chi connectivity index (χ3v) is 5.31. The highest BCUT2D eigenvalue weighted by atomic mass is 35.5. The van der Waals surface area contributed by atoms with E-state index in [-0.39, 0.29) is 32.1 Å². The molecule has 0 spiro atoms. The van der Waals surface area contributed by atoms with E-state index >= 15 is 0 Å². The first-order valence-corrected chi connectivity index (χ1v) is 10.7. The number of hydrogen-bond donors (Lipinski definition) is 2. The van der Waals surface area contributed by atoms with Crippen LogP contribution >= 0.6 is 23.2 Å². The Morgan fingerprint density at radius 1 is 1.00 bits per heavy atom. The number of nitrogens with one attached hydrogen (secondary N) is 2. The van der Waals surface area contributed by atoms with Crippen LogP contribution in [0, 0.1) is 0 Å². The molecule has 2 aromatic carbocycles. The van der Waals surface area contributed by atoms with Gasteiger partial charge in [0.05, 0.1) is 20.6 Å². The van der Waals surface area contributed by atoms with E-state index in [1.807, 2.05) is 6.92 Å². The van der Waals surface area contributed by atoms with Crippen molar-refractivity contribution < 1.29 is 18.0 Å². The number of anilines is 2. The lowest BCUT2D eigenvalue weighted by molar-refractivity contribution is -0.116. The summed E-state index contributed by atoms with van der Waals surface area (Å²) in [6, 6.07) is 8.46. The molecule has 0 atom stereocenters. The van der Waals surface area contributed by atoms with Gasteiger partial charge in [0.15, 0.2) is 9.84 Å². The second-order valence-electron chi connectivity index (χ2n) is 5.86. The predicted octanol–water partition coefficient (Wildman–Crippen LogP) is 4.39. The van der Waals surface area contributed by atoms with E-state index in [2.05, 4.69) is 10.6 Å². The van der Waals surface area contributed by atoms with Crippen LogP contribution in [0.5, 0.6) is 0 Å². The van der Waals surface area contributed by atoms with Gasteiger partial charge in [0.2, 0.25) is 5.91 Å². The van der Waals surface area contributed by atoms with Crippen LogP contribution in [-0.4, -0.2) is 26.5 Å². The average molecular weight is 429 g/mol. The molecule has 0 aliphatic rings. The van der Waals surface area contributed by atoms with Crippen molar-refractivity contribution in [3.8, 4) is 0 Å². The van der Waals surface area contributed by atoms with Crippen molar-refractivity contribution in [3.63, 3.8) is 0 Å². The van der Waals surface area contributed by atoms with Crippen LogP contribution in [0.2, 0.25) is 10.0 Å². The Morgan fingerprint density at radius 2 is 1.56 bits per heavy atom. The quantitative estimate of drug-likeness (QED) is 0.713. The van der Waals surface area contributed by atoms with Gasteiger partial charge in [-0.3, -0.25) is 9.59 Å². The van der Waals surface area contributed by atoms with Crippen LogP contribution < -0.4 is 10.6 Å². The molecule has 0 saturated heterocycles. The number of halogens is 2. The van der Waals surface area contributed by atoms with Gasteiger partial charge < -0.3 is 10.6 Å². The van der Waals surface area contributed by atoms with Gasteiger partial charge in [0.1, 0.15) is 0 Å². The summed E-state index contributed by atoms with van der Waals surface area (Å²) in [5.41, 5.74) is 0.873. The molecular weight excluding hydrogens is 411 g/mol. The molecule has 0 unspecified atom stereocenters. The summed E-state index contributed by atoms with van der Waals surface area (Å²) in [5.74, 6) is -0.658. The zero-order valence-electron chi connectivity index (χ0n) is 14.7. The van der Waals surface area contributed by atoms with Crippen molar-refractivity contribution in [3.05, 3.63) is 52.0 Å². The number of hydrogen-bond acceptors (Lipinski definition) is 4. The van der Waals surface area contributed by atoms with E-state index in [1.165, 1.54) is 36.4 Å². The van der Waals surface area contributed by atoms with Crippen LogP contribution in [0.3, 0.4) is 0 Å². The van der Waals surface area contributed by atoms with Crippen molar-refractivity contribution in [1.29, 1.82) is 0 Å². The van der Waals surface area contributed by atoms with Crippen LogP contribution in [0.15, 0.2) is 41.3 Å². The number of rotatable bonds is 6. The molecule has 0 aliphatic carbocycles. The van der Waals surface area contributed by atoms with Crippen LogP contribution in [0.25, 0.3) is 0 Å². The SMILES string of the molecule is CCCC(=O)Nc1cc(Cl)c(NC(=O)c2ccc(S(C)(=O)=O)cc2)c(Cl)c1. The Kier molecular flexibility index (Phi) is 6.86. The molecule has 0 bridgehead atoms. The van der Waals surface area contributed by atoms with E-state index < -0.39 is 15.7 Å². The lowest BCUT2D eigenvalue weighted by Crippen LogP contribution is -2.14. The third-order valence-electron chi connectivity index (χ3n) is 3.59. The van der Waals surface area contributed by atoms with Gasteiger partial charge in [0, 0.05) is 23.9 Å². The minimum Gasteiger partial charge on any atom is -0.326 e. The number of carbonyl (C=O) groups excluding carboxylic acids is 2. The largest absolute Gasteiger partial charge is 0.326 e. The number of benzene rings is 2. The van der Waals surface area contributed by atoms with Crippen LogP contribution in [-0.2, 0) is 14.6 Å². The first kappa shape index (κ1) is 21.2. The van der Waals surface area contributed by atoms with Crippen LogP contribution in [0.1, 0.15) is 30.1 Å². The van der Waals surface area contributed by atoms with E-state index in [0.29, 0.717) is 18.5 Å². The molecule has 2 amide bonds. The number of amides is 2. The summed E-state index contributed by atoms with van der Waals surface area (Å²) in [5, 5.41) is 5.60. The fourth-order valence-electron chi connectivity index (χ4n) is 2.25. The molecule has 0 aliphatic heterocycles. The monoisotopic (exact) mass is 428 g/mol. The standard InChI is InChI=1S/C18H18Cl2N2O4S/c1-3-4-16(23)21-12-9-14(19)17(15(20)10-12)22-18(24)11-5-7-13(8-6-11)27(2,25)26/h5-10H,3-4H2,1-2H3,(H,21,23)(H,22,24). The van der Waals surface area contributed by atoms with E-state index in [1.54, 1.807) is 0 Å². The van der Waals surface area contributed by atoms with Crippen LogP contribution in [0.4, 0.5) is 11.4 Å². The van der Waals surface area contributed by atoms with Crippen molar-refractivity contribution in [2.45, 2.75) is 24.7 Å². The molecule has 0 radical (unpaired) electrons. The Bertz CT molecular complexity index is 950. The Labute approximate surface area is 167 Å². The fraction of sp³-hybridized carbons (Fsp3) is 0.222. The Hall–Kier alpha value is -2.09. The molecule has 144 valence electrons. The molecular formula is C18H18Cl2N2O4S. The highest BCUT2D eigenvalue weighted by molar-refractivity contribution is 7.90. The van der Waals surface area contributed by atoms with Crippen molar-refractivity contribution in [2.75, 3.05) is 16.9 Å². The van der Waals surface area contributed by atoms with Crippen molar-refractivity contribution in [1.82, 2.24) is 0 Å². The van der Waals surface area contributed by atoms with E-state index in [0.717, 1.165) is 6.26 Å². The van der Waals surface area contributed by atoms with Gasteiger partial charge >= 0.3 is 0 Å². The molecule has 0 aromatic heterocycles. The third kappa shape index (κ3) is 5.69. The molecule has 2 rings (SSSR count).